The number of aromatic nitrogens is 2. The molecule has 0 aliphatic rings. The van der Waals surface area contributed by atoms with Crippen molar-refractivity contribution in [2.24, 2.45) is 0 Å². The molecule has 3 aromatic carbocycles. The van der Waals surface area contributed by atoms with Crippen LogP contribution in [0.15, 0.2) is 66.7 Å². The van der Waals surface area contributed by atoms with Gasteiger partial charge in [-0.1, -0.05) is 0 Å². The number of imidazole rings is 1. The molecule has 0 aliphatic heterocycles. The molecule has 0 aliphatic carbocycles. The van der Waals surface area contributed by atoms with Gasteiger partial charge in [0.2, 0.25) is 0 Å². The molecule has 0 bridgehead atoms. The zero-order chi connectivity index (χ0) is 17.2. The number of hydrogen-bond donors (Lipinski definition) is 0. The molecular formula is C21H17BN2P. The van der Waals surface area contributed by atoms with Crippen LogP contribution in [0, 0.1) is 0 Å². The van der Waals surface area contributed by atoms with Gasteiger partial charge in [-0.2, -0.15) is 0 Å². The predicted molar refractivity (Wildman–Crippen MR) is 112 cm³/mol. The summed E-state index contributed by atoms with van der Waals surface area (Å²) in [6.45, 7) is 2.74. The first-order valence-corrected chi connectivity index (χ1v) is 11.1. The van der Waals surface area contributed by atoms with Crippen molar-refractivity contribution < 1.29 is 0 Å². The Labute approximate surface area is 147 Å². The van der Waals surface area contributed by atoms with Crippen molar-refractivity contribution in [2.75, 3.05) is 13.3 Å². The third kappa shape index (κ3) is 2.12. The van der Waals surface area contributed by atoms with Gasteiger partial charge in [0.1, 0.15) is 0 Å². The minimum atomic E-state index is -1.57. The summed E-state index contributed by atoms with van der Waals surface area (Å²) < 4.78 is 2.27. The Morgan fingerprint density at radius 1 is 0.800 bits per heavy atom. The molecule has 25 heavy (non-hydrogen) atoms. The van der Waals surface area contributed by atoms with Gasteiger partial charge in [-0.25, -0.2) is 0 Å². The van der Waals surface area contributed by atoms with Gasteiger partial charge in [-0.3, -0.25) is 0 Å². The van der Waals surface area contributed by atoms with Crippen LogP contribution < -0.4 is 5.30 Å². The monoisotopic (exact) mass is 339 g/mol. The first-order valence-electron chi connectivity index (χ1n) is 8.39. The van der Waals surface area contributed by atoms with Crippen molar-refractivity contribution in [2.45, 2.75) is 0 Å². The molecule has 0 unspecified atom stereocenters. The third-order valence-electron chi connectivity index (χ3n) is 4.91. The van der Waals surface area contributed by atoms with Gasteiger partial charge in [-0.05, 0) is 0 Å². The minimum absolute atomic E-state index is 1.01. The number of para-hydroxylation sites is 3. The number of pyridine rings is 1. The number of benzene rings is 3. The topological polar surface area (TPSA) is 17.3 Å². The van der Waals surface area contributed by atoms with E-state index in [2.05, 4.69) is 78.4 Å². The van der Waals surface area contributed by atoms with Crippen LogP contribution in [0.3, 0.4) is 0 Å². The fourth-order valence-corrected chi connectivity index (χ4v) is 4.58. The Hall–Kier alpha value is -2.38. The molecule has 0 saturated carbocycles. The fraction of sp³-hybridized carbons (Fsp3) is 0.0952. The van der Waals surface area contributed by atoms with Crippen LogP contribution in [-0.2, 0) is 0 Å². The average Bonchev–Trinajstić information content (AvgIpc) is 3.00. The summed E-state index contributed by atoms with van der Waals surface area (Å²) in [4.78, 5) is 4.93. The van der Waals surface area contributed by atoms with E-state index in [-0.39, 0.29) is 0 Å². The van der Waals surface area contributed by atoms with E-state index >= 15 is 0 Å². The van der Waals surface area contributed by atoms with Crippen molar-refractivity contribution in [1.29, 1.82) is 0 Å². The van der Waals surface area contributed by atoms with Crippen LogP contribution in [0.1, 0.15) is 0 Å². The van der Waals surface area contributed by atoms with Crippen LogP contribution in [0.4, 0.5) is 0 Å². The average molecular weight is 339 g/mol. The van der Waals surface area contributed by atoms with Crippen molar-refractivity contribution in [3.63, 3.8) is 0 Å². The molecule has 0 N–H and O–H groups in total. The zero-order valence-electron chi connectivity index (χ0n) is 14.3. The van der Waals surface area contributed by atoms with Crippen molar-refractivity contribution in [3.8, 4) is 0 Å². The van der Waals surface area contributed by atoms with Crippen molar-refractivity contribution >= 4 is 57.6 Å². The normalized spacial score (nSPS) is 12.5. The van der Waals surface area contributed by atoms with E-state index in [4.69, 9.17) is 12.2 Å². The van der Waals surface area contributed by atoms with E-state index in [1.165, 1.54) is 27.0 Å². The molecule has 2 nitrogen and oxygen atoms in total. The van der Waals surface area contributed by atoms with E-state index in [1.54, 1.807) is 0 Å². The maximum atomic E-state index is 6.46. The molecule has 1 radical (unpaired) electrons. The first kappa shape index (κ1) is 14.9. The van der Waals surface area contributed by atoms with Gasteiger partial charge < -0.3 is 0 Å². The number of rotatable bonds is 1. The molecule has 5 rings (SSSR count). The van der Waals surface area contributed by atoms with E-state index in [0.29, 0.717) is 0 Å². The van der Waals surface area contributed by atoms with Gasteiger partial charge in [0, 0.05) is 0 Å². The Morgan fingerprint density at radius 3 is 2.32 bits per heavy atom. The molecule has 0 spiro atoms. The second-order valence-electron chi connectivity index (χ2n) is 7.05. The van der Waals surface area contributed by atoms with E-state index in [0.717, 1.165) is 16.7 Å². The first-order chi connectivity index (χ1) is 12.0. The Morgan fingerprint density at radius 2 is 1.52 bits per heavy atom. The summed E-state index contributed by atoms with van der Waals surface area (Å²) in [6, 6.07) is 23.5. The Balaban J connectivity index is 2.10. The van der Waals surface area contributed by atoms with Crippen LogP contribution in [0.25, 0.3) is 38.4 Å². The molecule has 119 valence electrons. The van der Waals surface area contributed by atoms with Gasteiger partial charge in [-0.15, -0.1) is 0 Å². The van der Waals surface area contributed by atoms with Crippen molar-refractivity contribution in [1.82, 2.24) is 9.38 Å². The van der Waals surface area contributed by atoms with Gasteiger partial charge in [0.05, 0.1) is 0 Å². The summed E-state index contributed by atoms with van der Waals surface area (Å²) in [5.74, 6) is 0. The van der Waals surface area contributed by atoms with E-state index in [9.17, 15) is 0 Å². The molecule has 0 amide bonds. The molecule has 2 aromatic heterocycles. The van der Waals surface area contributed by atoms with Crippen LogP contribution in [-0.4, -0.2) is 29.9 Å². The molecular weight excluding hydrogens is 322 g/mol. The summed E-state index contributed by atoms with van der Waals surface area (Å²) in [6.07, 6.45) is 0. The standard InChI is InChI=1S/C21H17BN2P/c1-25(2,22)14-11-12-16-17(13-14)15-7-3-5-9-19(15)24-20-10-6-4-8-18(20)23-21(16)24/h3-13H,1-2H3. The Kier molecular flexibility index (Phi) is 3.02. The second kappa shape index (κ2) is 5.06. The quantitative estimate of drug-likeness (QED) is 0.244. The van der Waals surface area contributed by atoms with Gasteiger partial charge in [0.25, 0.3) is 0 Å². The Bertz CT molecular complexity index is 1340. The summed E-state index contributed by atoms with van der Waals surface area (Å²) in [5, 5.41) is 4.88. The van der Waals surface area contributed by atoms with E-state index < -0.39 is 6.75 Å². The summed E-state index contributed by atoms with van der Waals surface area (Å²) in [7, 11) is 6.46. The maximum absolute atomic E-state index is 6.46. The predicted octanol–water partition coefficient (Wildman–Crippen LogP) is 4.78. The van der Waals surface area contributed by atoms with Gasteiger partial charge >= 0.3 is 147 Å². The number of nitrogens with zero attached hydrogens (tertiary/aromatic N) is 2. The second-order valence-corrected chi connectivity index (χ2v) is 10.6. The van der Waals surface area contributed by atoms with Crippen LogP contribution >= 0.6 is 6.75 Å². The molecule has 0 fully saturated rings. The van der Waals surface area contributed by atoms with Crippen LogP contribution in [0.2, 0.25) is 0 Å². The third-order valence-corrected chi connectivity index (χ3v) is 6.51. The molecule has 5 aromatic rings. The fourth-order valence-electron chi connectivity index (χ4n) is 3.66. The van der Waals surface area contributed by atoms with Gasteiger partial charge in [0.15, 0.2) is 0 Å². The summed E-state index contributed by atoms with van der Waals surface area (Å²) in [5.41, 5.74) is 4.36. The zero-order valence-corrected chi connectivity index (χ0v) is 15.2. The van der Waals surface area contributed by atoms with Crippen LogP contribution in [0.5, 0.6) is 0 Å². The number of fused-ring (bicyclic) bond motifs is 8. The van der Waals surface area contributed by atoms with E-state index in [1.807, 2.05) is 6.07 Å². The molecule has 4 heteroatoms. The summed E-state index contributed by atoms with van der Waals surface area (Å²) >= 11 is 0. The molecule has 2 heterocycles. The SMILES string of the molecule is [B]=P(C)(C)c1ccc2c(c1)c1ccccc1n1c3ccccc3nc21. The number of hydrogen-bond acceptors (Lipinski definition) is 1. The molecule has 0 atom stereocenters. The molecule has 0 saturated heterocycles. The van der Waals surface area contributed by atoms with Crippen molar-refractivity contribution in [3.05, 3.63) is 66.7 Å².